The van der Waals surface area contributed by atoms with Gasteiger partial charge < -0.3 is 9.88 Å². The summed E-state index contributed by atoms with van der Waals surface area (Å²) < 4.78 is 27.5. The molecule has 3 rings (SSSR count). The molecule has 0 saturated carbocycles. The maximum atomic E-state index is 12.4. The van der Waals surface area contributed by atoms with Gasteiger partial charge in [-0.1, -0.05) is 41.7 Å². The summed E-state index contributed by atoms with van der Waals surface area (Å²) in [6.45, 7) is -0.177. The zero-order valence-electron chi connectivity index (χ0n) is 14.9. The van der Waals surface area contributed by atoms with Gasteiger partial charge >= 0.3 is 4.87 Å². The van der Waals surface area contributed by atoms with Crippen LogP contribution in [0.5, 0.6) is 0 Å². The van der Waals surface area contributed by atoms with Gasteiger partial charge in [-0.15, -0.1) is 0 Å². The van der Waals surface area contributed by atoms with Gasteiger partial charge in [0.1, 0.15) is 0 Å². The van der Waals surface area contributed by atoms with E-state index in [2.05, 4.69) is 5.32 Å². The van der Waals surface area contributed by atoms with Gasteiger partial charge in [0.2, 0.25) is 15.9 Å². The molecule has 2 aromatic carbocycles. The van der Waals surface area contributed by atoms with Gasteiger partial charge in [0, 0.05) is 19.3 Å². The molecule has 1 N–H and O–H groups in total. The van der Waals surface area contributed by atoms with E-state index < -0.39 is 15.9 Å². The fourth-order valence-corrected chi connectivity index (χ4v) is 4.30. The van der Waals surface area contributed by atoms with Crippen LogP contribution in [0.15, 0.2) is 53.3 Å². The van der Waals surface area contributed by atoms with Gasteiger partial charge in [0.15, 0.2) is 0 Å². The van der Waals surface area contributed by atoms with E-state index >= 15 is 0 Å². The first-order valence-electron chi connectivity index (χ1n) is 8.12. The minimum absolute atomic E-state index is 0.0837. The second-order valence-electron chi connectivity index (χ2n) is 6.17. The second kappa shape index (κ2) is 7.63. The van der Waals surface area contributed by atoms with Crippen molar-refractivity contribution >= 4 is 43.2 Å². The number of nitrogens with zero attached hydrogens (tertiary/aromatic N) is 2. The molecule has 27 heavy (non-hydrogen) atoms. The predicted octanol–water partition coefficient (Wildman–Crippen LogP) is 2.00. The van der Waals surface area contributed by atoms with E-state index in [9.17, 15) is 18.0 Å². The summed E-state index contributed by atoms with van der Waals surface area (Å²) in [5, 5.41) is 2.70. The van der Waals surface area contributed by atoms with E-state index in [0.29, 0.717) is 5.69 Å². The second-order valence-corrected chi connectivity index (χ2v) is 9.15. The maximum Gasteiger partial charge on any atom is 0.307 e. The zero-order valence-corrected chi connectivity index (χ0v) is 16.5. The molecule has 9 heteroatoms. The highest BCUT2D eigenvalue weighted by atomic mass is 32.2. The van der Waals surface area contributed by atoms with E-state index in [-0.39, 0.29) is 18.0 Å². The van der Waals surface area contributed by atoms with Gasteiger partial charge in [-0.05, 0) is 23.8 Å². The molecule has 0 bridgehead atoms. The number of rotatable bonds is 6. The molecule has 3 aromatic rings. The van der Waals surface area contributed by atoms with Crippen LogP contribution >= 0.6 is 11.3 Å². The molecule has 0 spiro atoms. The summed E-state index contributed by atoms with van der Waals surface area (Å²) in [4.78, 5) is 24.0. The Hall–Kier alpha value is -2.49. The monoisotopic (exact) mass is 405 g/mol. The van der Waals surface area contributed by atoms with Gasteiger partial charge in [0.25, 0.3) is 0 Å². The molecule has 142 valence electrons. The fourth-order valence-electron chi connectivity index (χ4n) is 2.65. The Morgan fingerprint density at radius 2 is 1.89 bits per heavy atom. The lowest BCUT2D eigenvalue weighted by molar-refractivity contribution is -0.116. The summed E-state index contributed by atoms with van der Waals surface area (Å²) in [5.41, 5.74) is 2.10. The summed E-state index contributed by atoms with van der Waals surface area (Å²) in [6, 6.07) is 14.2. The van der Waals surface area contributed by atoms with Crippen LogP contribution in [0, 0.1) is 0 Å². The van der Waals surface area contributed by atoms with Gasteiger partial charge in [-0.2, -0.15) is 4.31 Å². The molecule has 0 atom stereocenters. The van der Waals surface area contributed by atoms with Crippen LogP contribution in [0.2, 0.25) is 0 Å². The molecule has 0 fully saturated rings. The minimum atomic E-state index is -3.56. The summed E-state index contributed by atoms with van der Waals surface area (Å²) in [6.07, 6.45) is 1.08. The molecule has 0 saturated heterocycles. The molecule has 0 aliphatic carbocycles. The SMILES string of the molecule is Cn1c(=O)sc2cc(NC(=O)CN(Cc3ccccc3)S(C)(=O)=O)ccc21. The standard InChI is InChI=1S/C18H19N3O4S2/c1-20-15-9-8-14(10-16(15)26-18(20)23)19-17(22)12-21(27(2,24)25)11-13-6-4-3-5-7-13/h3-10H,11-12H2,1-2H3,(H,19,22). The van der Waals surface area contributed by atoms with Crippen molar-refractivity contribution in [3.8, 4) is 0 Å². The van der Waals surface area contributed by atoms with E-state index in [1.807, 2.05) is 18.2 Å². The molecule has 7 nitrogen and oxygen atoms in total. The molecule has 1 heterocycles. The van der Waals surface area contributed by atoms with Crippen LogP contribution in [0.25, 0.3) is 10.2 Å². The number of thiazole rings is 1. The number of hydrogen-bond donors (Lipinski definition) is 1. The zero-order chi connectivity index (χ0) is 19.6. The van der Waals surface area contributed by atoms with Crippen molar-refractivity contribution in [2.75, 3.05) is 18.1 Å². The third-order valence-corrected chi connectivity index (χ3v) is 6.26. The lowest BCUT2D eigenvalue weighted by Gasteiger charge is -2.19. The molecular weight excluding hydrogens is 386 g/mol. The number of carbonyl (C=O) groups excluding carboxylic acids is 1. The van der Waals surface area contributed by atoms with Crippen molar-refractivity contribution in [2.24, 2.45) is 7.05 Å². The number of fused-ring (bicyclic) bond motifs is 1. The Morgan fingerprint density at radius 3 is 2.56 bits per heavy atom. The maximum absolute atomic E-state index is 12.4. The number of nitrogens with one attached hydrogen (secondary N) is 1. The number of hydrogen-bond acceptors (Lipinski definition) is 5. The first-order chi connectivity index (χ1) is 12.7. The molecule has 0 aliphatic rings. The van der Waals surface area contributed by atoms with Crippen molar-refractivity contribution in [3.05, 3.63) is 63.8 Å². The van der Waals surface area contributed by atoms with Crippen LogP contribution in [0.1, 0.15) is 5.56 Å². The summed E-state index contributed by atoms with van der Waals surface area (Å²) in [7, 11) is -1.87. The normalized spacial score (nSPS) is 11.8. The lowest BCUT2D eigenvalue weighted by atomic mass is 10.2. The van der Waals surface area contributed by atoms with E-state index in [1.54, 1.807) is 37.4 Å². The average molecular weight is 406 g/mol. The van der Waals surface area contributed by atoms with Crippen molar-refractivity contribution in [3.63, 3.8) is 0 Å². The number of carbonyl (C=O) groups is 1. The highest BCUT2D eigenvalue weighted by Gasteiger charge is 2.20. The van der Waals surface area contributed by atoms with Crippen molar-refractivity contribution in [2.45, 2.75) is 6.54 Å². The van der Waals surface area contributed by atoms with Crippen LogP contribution in [0.4, 0.5) is 5.69 Å². The van der Waals surface area contributed by atoms with Crippen molar-refractivity contribution in [1.82, 2.24) is 8.87 Å². The molecule has 0 aliphatic heterocycles. The topological polar surface area (TPSA) is 88.5 Å². The minimum Gasteiger partial charge on any atom is -0.325 e. The molecule has 0 unspecified atom stereocenters. The highest BCUT2D eigenvalue weighted by Crippen LogP contribution is 2.21. The molecule has 0 radical (unpaired) electrons. The number of aromatic nitrogens is 1. The fraction of sp³-hybridized carbons (Fsp3) is 0.222. The Bertz CT molecular complexity index is 1130. The number of aryl methyl sites for hydroxylation is 1. The third kappa shape index (κ3) is 4.62. The van der Waals surface area contributed by atoms with E-state index in [0.717, 1.165) is 37.7 Å². The summed E-state index contributed by atoms with van der Waals surface area (Å²) in [5.74, 6) is -0.445. The van der Waals surface area contributed by atoms with Gasteiger partial charge in [-0.25, -0.2) is 8.42 Å². The molecule has 1 aromatic heterocycles. The Morgan fingerprint density at radius 1 is 1.19 bits per heavy atom. The largest absolute Gasteiger partial charge is 0.325 e. The Balaban J connectivity index is 1.75. The first-order valence-corrected chi connectivity index (χ1v) is 10.8. The van der Waals surface area contributed by atoms with Crippen LogP contribution in [-0.4, -0.2) is 36.0 Å². The number of benzene rings is 2. The third-order valence-electron chi connectivity index (χ3n) is 4.07. The highest BCUT2D eigenvalue weighted by molar-refractivity contribution is 7.88. The van der Waals surface area contributed by atoms with Crippen LogP contribution in [-0.2, 0) is 28.4 Å². The Labute approximate surface area is 160 Å². The van der Waals surface area contributed by atoms with Crippen molar-refractivity contribution in [1.29, 1.82) is 0 Å². The van der Waals surface area contributed by atoms with E-state index in [1.165, 1.54) is 4.57 Å². The summed E-state index contributed by atoms with van der Waals surface area (Å²) >= 11 is 1.09. The number of sulfonamides is 1. The number of amides is 1. The quantitative estimate of drug-likeness (QED) is 0.679. The average Bonchev–Trinajstić information content (AvgIpc) is 2.88. The molecular formula is C18H19N3O4S2. The van der Waals surface area contributed by atoms with Crippen molar-refractivity contribution < 1.29 is 13.2 Å². The smallest absolute Gasteiger partial charge is 0.307 e. The molecule has 1 amide bonds. The van der Waals surface area contributed by atoms with E-state index in [4.69, 9.17) is 0 Å². The Kier molecular flexibility index (Phi) is 5.45. The van der Waals surface area contributed by atoms with Gasteiger partial charge in [-0.3, -0.25) is 9.59 Å². The predicted molar refractivity (Wildman–Crippen MR) is 107 cm³/mol. The number of anilines is 1. The van der Waals surface area contributed by atoms with Crippen LogP contribution < -0.4 is 10.2 Å². The van der Waals surface area contributed by atoms with Crippen LogP contribution in [0.3, 0.4) is 0 Å². The first kappa shape index (κ1) is 19.3. The van der Waals surface area contributed by atoms with Gasteiger partial charge in [0.05, 0.1) is 23.0 Å². The lowest BCUT2D eigenvalue weighted by Crippen LogP contribution is -2.36.